The SMILES string of the molecule is COc1ccc(OC)c(NC(=O)C2=C(C)N(C3CC3)C(=S)N[C@H]2c2cc3ccccc3[nH]c2=O)c1. The van der Waals surface area contributed by atoms with Gasteiger partial charge < -0.3 is 30.0 Å². The number of carbonyl (C=O) groups excluding carboxylic acids is 1. The molecule has 0 unspecified atom stereocenters. The Labute approximate surface area is 207 Å². The van der Waals surface area contributed by atoms with Gasteiger partial charge in [-0.3, -0.25) is 9.59 Å². The zero-order valence-corrected chi connectivity index (χ0v) is 20.5. The van der Waals surface area contributed by atoms with Gasteiger partial charge in [-0.25, -0.2) is 0 Å². The fourth-order valence-electron chi connectivity index (χ4n) is 4.54. The molecule has 0 radical (unpaired) electrons. The molecule has 1 aliphatic carbocycles. The molecule has 1 saturated carbocycles. The van der Waals surface area contributed by atoms with Crippen molar-refractivity contribution < 1.29 is 14.3 Å². The van der Waals surface area contributed by atoms with E-state index in [1.165, 1.54) is 7.11 Å². The number of aromatic nitrogens is 1. The second kappa shape index (κ2) is 9.07. The van der Waals surface area contributed by atoms with Crippen LogP contribution in [0.1, 0.15) is 31.4 Å². The number of hydrogen-bond donors (Lipinski definition) is 3. The summed E-state index contributed by atoms with van der Waals surface area (Å²) in [7, 11) is 3.09. The lowest BCUT2D eigenvalue weighted by Gasteiger charge is -2.38. The maximum absolute atomic E-state index is 13.8. The third-order valence-corrected chi connectivity index (χ3v) is 6.75. The summed E-state index contributed by atoms with van der Waals surface area (Å²) < 4.78 is 10.8. The zero-order valence-electron chi connectivity index (χ0n) is 19.7. The number of allylic oxidation sites excluding steroid dienone is 1. The van der Waals surface area contributed by atoms with Crippen LogP contribution in [0.15, 0.2) is 64.6 Å². The average molecular weight is 491 g/mol. The highest BCUT2D eigenvalue weighted by Crippen LogP contribution is 2.38. The molecule has 0 spiro atoms. The largest absolute Gasteiger partial charge is 0.497 e. The van der Waals surface area contributed by atoms with Gasteiger partial charge in [-0.15, -0.1) is 0 Å². The van der Waals surface area contributed by atoms with E-state index >= 15 is 0 Å². The number of pyridine rings is 1. The topological polar surface area (TPSA) is 95.7 Å². The van der Waals surface area contributed by atoms with Gasteiger partial charge in [0.1, 0.15) is 11.5 Å². The number of benzene rings is 2. The molecule has 1 fully saturated rings. The molecule has 35 heavy (non-hydrogen) atoms. The average Bonchev–Trinajstić information content (AvgIpc) is 3.68. The minimum Gasteiger partial charge on any atom is -0.497 e. The Balaban J connectivity index is 1.61. The van der Waals surface area contributed by atoms with E-state index in [4.69, 9.17) is 21.7 Å². The fraction of sp³-hybridized carbons (Fsp3) is 0.269. The van der Waals surface area contributed by atoms with Crippen LogP contribution in [0.25, 0.3) is 10.9 Å². The summed E-state index contributed by atoms with van der Waals surface area (Å²) in [4.78, 5) is 31.9. The van der Waals surface area contributed by atoms with Gasteiger partial charge in [-0.1, -0.05) is 18.2 Å². The highest BCUT2D eigenvalue weighted by molar-refractivity contribution is 7.80. The summed E-state index contributed by atoms with van der Waals surface area (Å²) in [6.07, 6.45) is 2.00. The van der Waals surface area contributed by atoms with Crippen LogP contribution in [0.2, 0.25) is 0 Å². The van der Waals surface area contributed by atoms with Crippen molar-refractivity contribution in [1.29, 1.82) is 0 Å². The molecule has 0 saturated heterocycles. The number of nitrogens with one attached hydrogen (secondary N) is 3. The number of carbonyl (C=O) groups is 1. The lowest BCUT2D eigenvalue weighted by atomic mass is 9.94. The summed E-state index contributed by atoms with van der Waals surface area (Å²) in [6.45, 7) is 1.88. The first-order valence-electron chi connectivity index (χ1n) is 11.4. The minimum absolute atomic E-state index is 0.250. The Morgan fingerprint density at radius 3 is 2.60 bits per heavy atom. The number of thiocarbonyl (C=S) groups is 1. The first kappa shape index (κ1) is 22.9. The van der Waals surface area contributed by atoms with Gasteiger partial charge in [0.2, 0.25) is 0 Å². The number of ether oxygens (including phenoxy) is 2. The first-order valence-corrected chi connectivity index (χ1v) is 11.8. The number of para-hydroxylation sites is 1. The molecule has 1 amide bonds. The van der Waals surface area contributed by atoms with Crippen LogP contribution in [0.3, 0.4) is 0 Å². The van der Waals surface area contributed by atoms with Crippen LogP contribution in [0.5, 0.6) is 11.5 Å². The molecular weight excluding hydrogens is 464 g/mol. The smallest absolute Gasteiger partial charge is 0.255 e. The van der Waals surface area contributed by atoms with E-state index in [9.17, 15) is 9.59 Å². The molecule has 8 nitrogen and oxygen atoms in total. The zero-order chi connectivity index (χ0) is 24.7. The van der Waals surface area contributed by atoms with Gasteiger partial charge in [0.25, 0.3) is 11.5 Å². The van der Waals surface area contributed by atoms with E-state index in [1.807, 2.05) is 42.2 Å². The number of fused-ring (bicyclic) bond motifs is 1. The van der Waals surface area contributed by atoms with Crippen molar-refractivity contribution in [2.45, 2.75) is 31.8 Å². The van der Waals surface area contributed by atoms with Crippen LogP contribution < -0.4 is 25.7 Å². The number of H-pyrrole nitrogens is 1. The molecule has 3 N–H and O–H groups in total. The summed E-state index contributed by atoms with van der Waals surface area (Å²) in [5.41, 5.74) is 2.50. The van der Waals surface area contributed by atoms with Crippen LogP contribution in [0.4, 0.5) is 5.69 Å². The summed E-state index contributed by atoms with van der Waals surface area (Å²) in [6, 6.07) is 14.1. The lowest BCUT2D eigenvalue weighted by Crippen LogP contribution is -2.50. The van der Waals surface area contributed by atoms with Crippen molar-refractivity contribution in [3.05, 3.63) is 75.7 Å². The van der Waals surface area contributed by atoms with Crippen molar-refractivity contribution in [1.82, 2.24) is 15.2 Å². The molecule has 2 aromatic carbocycles. The lowest BCUT2D eigenvalue weighted by molar-refractivity contribution is -0.113. The van der Waals surface area contributed by atoms with Gasteiger partial charge in [-0.2, -0.15) is 0 Å². The predicted molar refractivity (Wildman–Crippen MR) is 139 cm³/mol. The van der Waals surface area contributed by atoms with E-state index in [-0.39, 0.29) is 17.5 Å². The van der Waals surface area contributed by atoms with E-state index in [1.54, 1.807) is 25.3 Å². The van der Waals surface area contributed by atoms with Gasteiger partial charge in [0.05, 0.1) is 31.5 Å². The maximum Gasteiger partial charge on any atom is 0.255 e. The van der Waals surface area contributed by atoms with Crippen LogP contribution in [-0.2, 0) is 4.79 Å². The molecule has 2 heterocycles. The van der Waals surface area contributed by atoms with E-state index in [0.29, 0.717) is 33.4 Å². The van der Waals surface area contributed by atoms with Crippen molar-refractivity contribution in [3.63, 3.8) is 0 Å². The molecule has 2 aliphatic rings. The number of nitrogens with zero attached hydrogens (tertiary/aromatic N) is 1. The number of rotatable bonds is 6. The van der Waals surface area contributed by atoms with Crippen molar-refractivity contribution >= 4 is 39.8 Å². The number of aromatic amines is 1. The number of hydrogen-bond acceptors (Lipinski definition) is 5. The van der Waals surface area contributed by atoms with Gasteiger partial charge in [0, 0.05) is 28.9 Å². The highest BCUT2D eigenvalue weighted by Gasteiger charge is 2.41. The Morgan fingerprint density at radius 2 is 1.89 bits per heavy atom. The van der Waals surface area contributed by atoms with Crippen molar-refractivity contribution in [3.8, 4) is 11.5 Å². The Bertz CT molecular complexity index is 1430. The van der Waals surface area contributed by atoms with Crippen molar-refractivity contribution in [2.75, 3.05) is 19.5 Å². The molecule has 3 aromatic rings. The normalized spacial score (nSPS) is 17.9. The molecule has 180 valence electrons. The quantitative estimate of drug-likeness (QED) is 0.452. The summed E-state index contributed by atoms with van der Waals surface area (Å²) in [5.74, 6) is 0.722. The van der Waals surface area contributed by atoms with Gasteiger partial charge in [-0.05, 0) is 61.6 Å². The molecule has 5 rings (SSSR count). The fourth-order valence-corrected chi connectivity index (χ4v) is 4.94. The number of amides is 1. The second-order valence-corrected chi connectivity index (χ2v) is 9.03. The van der Waals surface area contributed by atoms with Crippen LogP contribution in [0, 0.1) is 0 Å². The molecule has 9 heteroatoms. The molecule has 1 atom stereocenters. The van der Waals surface area contributed by atoms with E-state index in [0.717, 1.165) is 29.4 Å². The minimum atomic E-state index is -0.720. The number of methoxy groups -OCH3 is 2. The summed E-state index contributed by atoms with van der Waals surface area (Å²) in [5, 5.41) is 7.61. The standard InChI is InChI=1S/C26H26N4O4S/c1-14-22(25(32)28-20-13-17(33-2)10-11-21(20)34-3)23(29-26(35)30(14)16-8-9-16)18-12-15-6-4-5-7-19(15)27-24(18)31/h4-7,10-13,16,23H,8-9H2,1-3H3,(H,27,31)(H,28,32)(H,29,35)/t23-/m0/s1. The molecule has 1 aromatic heterocycles. The van der Waals surface area contributed by atoms with Crippen molar-refractivity contribution in [2.24, 2.45) is 0 Å². The second-order valence-electron chi connectivity index (χ2n) is 8.64. The predicted octanol–water partition coefficient (Wildman–Crippen LogP) is 3.85. The Morgan fingerprint density at radius 1 is 1.11 bits per heavy atom. The van der Waals surface area contributed by atoms with E-state index in [2.05, 4.69) is 15.6 Å². The Kier molecular flexibility index (Phi) is 5.94. The summed E-state index contributed by atoms with van der Waals surface area (Å²) >= 11 is 5.68. The van der Waals surface area contributed by atoms with E-state index < -0.39 is 6.04 Å². The molecular formula is C26H26N4O4S. The third-order valence-electron chi connectivity index (χ3n) is 6.43. The van der Waals surface area contributed by atoms with Crippen LogP contribution in [-0.4, -0.2) is 41.2 Å². The first-order chi connectivity index (χ1) is 16.9. The monoisotopic (exact) mass is 490 g/mol. The van der Waals surface area contributed by atoms with Gasteiger partial charge in [0.15, 0.2) is 5.11 Å². The molecule has 0 bridgehead atoms. The molecule has 1 aliphatic heterocycles. The highest BCUT2D eigenvalue weighted by atomic mass is 32.1. The maximum atomic E-state index is 13.8. The van der Waals surface area contributed by atoms with Gasteiger partial charge >= 0.3 is 0 Å². The Hall–Kier alpha value is -3.85. The number of anilines is 1. The van der Waals surface area contributed by atoms with Crippen LogP contribution >= 0.6 is 12.2 Å². The third kappa shape index (κ3) is 4.23.